The Morgan fingerprint density at radius 1 is 1.25 bits per heavy atom. The van der Waals surface area contributed by atoms with Gasteiger partial charge in [-0.3, -0.25) is 0 Å². The van der Waals surface area contributed by atoms with Crippen molar-refractivity contribution < 1.29 is 22.6 Å². The predicted molar refractivity (Wildman–Crippen MR) is 50.8 cm³/mol. The second-order valence-corrected chi connectivity index (χ2v) is 3.67. The van der Waals surface area contributed by atoms with Crippen LogP contribution in [-0.4, -0.2) is 19.3 Å². The summed E-state index contributed by atoms with van der Waals surface area (Å²) in [6.45, 7) is 1.53. The Morgan fingerprint density at radius 3 is 2.38 bits per heavy atom. The summed E-state index contributed by atoms with van der Waals surface area (Å²) < 4.78 is 46.9. The van der Waals surface area contributed by atoms with Gasteiger partial charge in [-0.25, -0.2) is 0 Å². The molecular formula is C11H11F3O2. The summed E-state index contributed by atoms with van der Waals surface area (Å²) in [5, 5.41) is 0. The van der Waals surface area contributed by atoms with E-state index in [4.69, 9.17) is 9.47 Å². The molecule has 1 fully saturated rings. The number of halogens is 3. The highest BCUT2D eigenvalue weighted by Gasteiger charge is 2.29. The van der Waals surface area contributed by atoms with E-state index in [1.807, 2.05) is 0 Å². The summed E-state index contributed by atoms with van der Waals surface area (Å²) >= 11 is 0. The van der Waals surface area contributed by atoms with Crippen LogP contribution < -0.4 is 0 Å². The molecule has 2 nitrogen and oxygen atoms in total. The minimum atomic E-state index is -4.28. The molecule has 88 valence electrons. The van der Waals surface area contributed by atoms with Gasteiger partial charge in [-0.05, 0) is 17.7 Å². The molecule has 1 saturated heterocycles. The normalized spacial score (nSPS) is 19.8. The molecule has 0 saturated carbocycles. The van der Waals surface area contributed by atoms with Gasteiger partial charge >= 0.3 is 6.18 Å². The smallest absolute Gasteiger partial charge is 0.374 e. The molecule has 1 aromatic rings. The summed E-state index contributed by atoms with van der Waals surface area (Å²) in [6.07, 6.45) is -4.10. The molecule has 0 aromatic heterocycles. The lowest BCUT2D eigenvalue weighted by Crippen LogP contribution is -2.05. The quantitative estimate of drug-likeness (QED) is 0.744. The summed E-state index contributed by atoms with van der Waals surface area (Å²) in [7, 11) is 0. The monoisotopic (exact) mass is 232 g/mol. The average Bonchev–Trinajstić information content (AvgIpc) is 3.01. The van der Waals surface area contributed by atoms with Gasteiger partial charge in [-0.1, -0.05) is 12.1 Å². The highest BCUT2D eigenvalue weighted by molar-refractivity contribution is 5.24. The Morgan fingerprint density at radius 2 is 1.88 bits per heavy atom. The van der Waals surface area contributed by atoms with Crippen LogP contribution in [0.15, 0.2) is 24.3 Å². The zero-order valence-corrected chi connectivity index (χ0v) is 8.46. The Kier molecular flexibility index (Phi) is 3.16. The van der Waals surface area contributed by atoms with Crippen LogP contribution in [0.4, 0.5) is 13.2 Å². The molecule has 1 atom stereocenters. The van der Waals surface area contributed by atoms with Crippen LogP contribution in [0, 0.1) is 0 Å². The lowest BCUT2D eigenvalue weighted by molar-refractivity contribution is -0.137. The van der Waals surface area contributed by atoms with Crippen molar-refractivity contribution >= 4 is 0 Å². The molecular weight excluding hydrogens is 221 g/mol. The first-order valence-corrected chi connectivity index (χ1v) is 4.91. The van der Waals surface area contributed by atoms with Gasteiger partial charge in [-0.2, -0.15) is 13.2 Å². The fourth-order valence-corrected chi connectivity index (χ4v) is 1.26. The van der Waals surface area contributed by atoms with E-state index >= 15 is 0 Å². The van der Waals surface area contributed by atoms with Crippen LogP contribution >= 0.6 is 0 Å². The molecule has 0 spiro atoms. The summed E-state index contributed by atoms with van der Waals surface area (Å²) in [6, 6.07) is 4.98. The van der Waals surface area contributed by atoms with E-state index in [-0.39, 0.29) is 6.10 Å². The maximum absolute atomic E-state index is 12.2. The standard InChI is InChI=1S/C11H11F3O2/c12-11(13,14)9-3-1-8(2-4-9)5-15-6-10-7-16-10/h1-4,10H,5-7H2/t10-/m1/s1. The van der Waals surface area contributed by atoms with E-state index in [2.05, 4.69) is 0 Å². The first-order chi connectivity index (χ1) is 7.55. The van der Waals surface area contributed by atoms with Crippen molar-refractivity contribution in [3.63, 3.8) is 0 Å². The van der Waals surface area contributed by atoms with Gasteiger partial charge < -0.3 is 9.47 Å². The third kappa shape index (κ3) is 3.21. The van der Waals surface area contributed by atoms with Crippen molar-refractivity contribution in [2.45, 2.75) is 18.9 Å². The van der Waals surface area contributed by atoms with Gasteiger partial charge in [-0.15, -0.1) is 0 Å². The zero-order valence-electron chi connectivity index (χ0n) is 8.46. The summed E-state index contributed by atoms with van der Waals surface area (Å²) in [4.78, 5) is 0. The number of benzene rings is 1. The third-order valence-corrected chi connectivity index (χ3v) is 2.26. The Hall–Kier alpha value is -1.07. The van der Waals surface area contributed by atoms with Crippen LogP contribution in [0.5, 0.6) is 0 Å². The lowest BCUT2D eigenvalue weighted by Gasteiger charge is -2.07. The molecule has 0 N–H and O–H groups in total. The number of hydrogen-bond donors (Lipinski definition) is 0. The van der Waals surface area contributed by atoms with Crippen molar-refractivity contribution in [1.82, 2.24) is 0 Å². The average molecular weight is 232 g/mol. The minimum Gasteiger partial charge on any atom is -0.374 e. The number of alkyl halides is 3. The fraction of sp³-hybridized carbons (Fsp3) is 0.455. The summed E-state index contributed by atoms with van der Waals surface area (Å²) in [5.41, 5.74) is 0.0930. The number of rotatable bonds is 4. The van der Waals surface area contributed by atoms with Gasteiger partial charge in [0.1, 0.15) is 6.10 Å². The molecule has 1 aromatic carbocycles. The van der Waals surface area contributed by atoms with E-state index in [1.165, 1.54) is 12.1 Å². The fourth-order valence-electron chi connectivity index (χ4n) is 1.26. The van der Waals surface area contributed by atoms with Gasteiger partial charge in [0.25, 0.3) is 0 Å². The minimum absolute atomic E-state index is 0.175. The van der Waals surface area contributed by atoms with Gasteiger partial charge in [0, 0.05) is 0 Å². The van der Waals surface area contributed by atoms with E-state index in [1.54, 1.807) is 0 Å². The van der Waals surface area contributed by atoms with Crippen LogP contribution in [0.1, 0.15) is 11.1 Å². The number of ether oxygens (including phenoxy) is 2. The van der Waals surface area contributed by atoms with Crippen molar-refractivity contribution in [3.05, 3.63) is 35.4 Å². The van der Waals surface area contributed by atoms with Crippen LogP contribution in [0.25, 0.3) is 0 Å². The van der Waals surface area contributed by atoms with Gasteiger partial charge in [0.05, 0.1) is 25.4 Å². The van der Waals surface area contributed by atoms with Crippen molar-refractivity contribution in [1.29, 1.82) is 0 Å². The molecule has 1 heterocycles. The predicted octanol–water partition coefficient (Wildman–Crippen LogP) is 2.62. The van der Waals surface area contributed by atoms with E-state index in [0.29, 0.717) is 19.8 Å². The van der Waals surface area contributed by atoms with Crippen molar-refractivity contribution in [2.24, 2.45) is 0 Å². The molecule has 0 amide bonds. The first kappa shape index (κ1) is 11.4. The molecule has 0 bridgehead atoms. The topological polar surface area (TPSA) is 21.8 Å². The largest absolute Gasteiger partial charge is 0.416 e. The highest BCUT2D eigenvalue weighted by atomic mass is 19.4. The molecule has 5 heteroatoms. The first-order valence-electron chi connectivity index (χ1n) is 4.91. The molecule has 1 aliphatic rings. The molecule has 2 rings (SSSR count). The second-order valence-electron chi connectivity index (χ2n) is 3.67. The van der Waals surface area contributed by atoms with E-state index in [9.17, 15) is 13.2 Å². The number of hydrogen-bond acceptors (Lipinski definition) is 2. The van der Waals surface area contributed by atoms with E-state index in [0.717, 1.165) is 17.7 Å². The highest BCUT2D eigenvalue weighted by Crippen LogP contribution is 2.29. The van der Waals surface area contributed by atoms with Crippen LogP contribution in [0.3, 0.4) is 0 Å². The second kappa shape index (κ2) is 4.43. The summed E-state index contributed by atoms with van der Waals surface area (Å²) in [5.74, 6) is 0. The molecule has 0 unspecified atom stereocenters. The van der Waals surface area contributed by atoms with Gasteiger partial charge in [0.2, 0.25) is 0 Å². The molecule has 16 heavy (non-hydrogen) atoms. The Balaban J connectivity index is 1.85. The Labute approximate surface area is 91.0 Å². The lowest BCUT2D eigenvalue weighted by atomic mass is 10.1. The maximum atomic E-state index is 12.2. The van der Waals surface area contributed by atoms with Crippen LogP contribution in [-0.2, 0) is 22.3 Å². The van der Waals surface area contributed by atoms with Crippen molar-refractivity contribution in [2.75, 3.05) is 13.2 Å². The maximum Gasteiger partial charge on any atom is 0.416 e. The molecule has 1 aliphatic heterocycles. The van der Waals surface area contributed by atoms with Crippen LogP contribution in [0.2, 0.25) is 0 Å². The molecule has 0 aliphatic carbocycles. The third-order valence-electron chi connectivity index (χ3n) is 2.26. The number of epoxide rings is 1. The SMILES string of the molecule is FC(F)(F)c1ccc(COC[C@@H]2CO2)cc1. The van der Waals surface area contributed by atoms with Crippen molar-refractivity contribution in [3.8, 4) is 0 Å². The molecule has 0 radical (unpaired) electrons. The van der Waals surface area contributed by atoms with Gasteiger partial charge in [0.15, 0.2) is 0 Å². The Bertz CT molecular complexity index is 341. The zero-order chi connectivity index (χ0) is 11.6. The van der Waals surface area contributed by atoms with E-state index < -0.39 is 11.7 Å².